The van der Waals surface area contributed by atoms with Crippen molar-refractivity contribution in [2.45, 2.75) is 6.18 Å². The summed E-state index contributed by atoms with van der Waals surface area (Å²) in [5.74, 6) is -2.90. The molecule has 0 aromatic heterocycles. The zero-order valence-electron chi connectivity index (χ0n) is 8.74. The molecule has 0 aromatic rings. The van der Waals surface area contributed by atoms with Crippen LogP contribution in [-0.4, -0.2) is 42.8 Å². The summed E-state index contributed by atoms with van der Waals surface area (Å²) in [4.78, 5) is 23.8. The van der Waals surface area contributed by atoms with Crippen LogP contribution in [0.5, 0.6) is 0 Å². The number of ether oxygens (including phenoxy) is 2. The topological polar surface area (TPSA) is 89.0 Å². The van der Waals surface area contributed by atoms with Gasteiger partial charge in [0.15, 0.2) is 5.57 Å². The highest BCUT2D eigenvalue weighted by molar-refractivity contribution is 6.41. The predicted molar refractivity (Wildman–Crippen MR) is 46.8 cm³/mol. The molecule has 0 aliphatic carbocycles. The van der Waals surface area contributed by atoms with Gasteiger partial charge < -0.3 is 15.0 Å². The SMILES string of the molecule is COC(=O)/C=C(/C(=[N+]=[N-])C(=O)OC)C(F)(F)F. The highest BCUT2D eigenvalue weighted by Gasteiger charge is 2.46. The van der Waals surface area contributed by atoms with Crippen molar-refractivity contribution in [1.29, 1.82) is 0 Å². The van der Waals surface area contributed by atoms with E-state index < -0.39 is 29.4 Å². The molecule has 0 rings (SSSR count). The Hall–Kier alpha value is -2.15. The first-order chi connectivity index (χ1) is 7.77. The summed E-state index contributed by atoms with van der Waals surface area (Å²) in [6, 6.07) is 0. The molecule has 0 unspecified atom stereocenters. The van der Waals surface area contributed by atoms with E-state index in [2.05, 4.69) is 14.3 Å². The molecule has 0 saturated heterocycles. The van der Waals surface area contributed by atoms with Crippen LogP contribution in [0.25, 0.3) is 5.53 Å². The molecule has 0 bridgehead atoms. The Bertz CT molecular complexity index is 407. The van der Waals surface area contributed by atoms with Gasteiger partial charge in [0, 0.05) is 6.08 Å². The van der Waals surface area contributed by atoms with Crippen molar-refractivity contribution < 1.29 is 37.0 Å². The molecule has 0 spiro atoms. The number of hydrogen-bond donors (Lipinski definition) is 0. The first-order valence-corrected chi connectivity index (χ1v) is 3.95. The highest BCUT2D eigenvalue weighted by Crippen LogP contribution is 2.26. The second-order valence-electron chi connectivity index (χ2n) is 2.52. The lowest BCUT2D eigenvalue weighted by Gasteiger charge is -2.06. The molecule has 9 heteroatoms. The van der Waals surface area contributed by atoms with Gasteiger partial charge in [0.1, 0.15) is 0 Å². The number of carbonyl (C=O) groups excluding carboxylic acids is 2. The van der Waals surface area contributed by atoms with Gasteiger partial charge in [-0.2, -0.15) is 18.0 Å². The number of carbonyl (C=O) groups is 2. The van der Waals surface area contributed by atoms with Crippen molar-refractivity contribution in [2.75, 3.05) is 14.2 Å². The summed E-state index contributed by atoms with van der Waals surface area (Å²) in [6.45, 7) is 0. The Labute approximate surface area is 93.2 Å². The average Bonchev–Trinajstić information content (AvgIpc) is 2.26. The number of hydrogen-bond acceptors (Lipinski definition) is 4. The van der Waals surface area contributed by atoms with E-state index in [1.807, 2.05) is 0 Å². The third kappa shape index (κ3) is 4.07. The molecule has 0 fully saturated rings. The van der Waals surface area contributed by atoms with Crippen LogP contribution in [0.1, 0.15) is 0 Å². The number of nitrogens with zero attached hydrogens (tertiary/aromatic N) is 2. The third-order valence-corrected chi connectivity index (χ3v) is 1.50. The lowest BCUT2D eigenvalue weighted by Crippen LogP contribution is -2.29. The first kappa shape index (κ1) is 14.8. The van der Waals surface area contributed by atoms with Gasteiger partial charge in [-0.15, -0.1) is 0 Å². The molecule has 0 radical (unpaired) electrons. The summed E-state index contributed by atoms with van der Waals surface area (Å²) in [5.41, 5.74) is 5.14. The van der Waals surface area contributed by atoms with Crippen molar-refractivity contribution in [1.82, 2.24) is 0 Å². The third-order valence-electron chi connectivity index (χ3n) is 1.50. The van der Waals surface area contributed by atoms with Gasteiger partial charge in [0.25, 0.3) is 0 Å². The van der Waals surface area contributed by atoms with Gasteiger partial charge >= 0.3 is 23.8 Å². The number of esters is 2. The van der Waals surface area contributed by atoms with Crippen molar-refractivity contribution >= 4 is 17.7 Å². The minimum atomic E-state index is -5.08. The van der Waals surface area contributed by atoms with Crippen molar-refractivity contribution in [3.63, 3.8) is 0 Å². The lowest BCUT2D eigenvalue weighted by molar-refractivity contribution is -0.139. The summed E-state index contributed by atoms with van der Waals surface area (Å²) in [5, 5.41) is 0. The molecule has 0 aliphatic rings. The molecular formula is C8H7F3N2O4. The Balaban J connectivity index is 5.65. The van der Waals surface area contributed by atoms with Crippen LogP contribution >= 0.6 is 0 Å². The molecular weight excluding hydrogens is 245 g/mol. The summed E-state index contributed by atoms with van der Waals surface area (Å²) < 4.78 is 45.4. The maximum atomic E-state index is 12.5. The summed E-state index contributed by atoms with van der Waals surface area (Å²) >= 11 is 0. The smallest absolute Gasteiger partial charge is 0.424 e. The molecule has 0 heterocycles. The van der Waals surface area contributed by atoms with Crippen LogP contribution in [0.2, 0.25) is 0 Å². The fourth-order valence-electron chi connectivity index (χ4n) is 0.763. The molecule has 0 aromatic carbocycles. The molecule has 0 amide bonds. The van der Waals surface area contributed by atoms with Crippen LogP contribution in [-0.2, 0) is 19.1 Å². The quantitative estimate of drug-likeness (QED) is 0.240. The molecule has 6 nitrogen and oxygen atoms in total. The minimum Gasteiger partial charge on any atom is -0.466 e. The fourth-order valence-corrected chi connectivity index (χ4v) is 0.763. The van der Waals surface area contributed by atoms with Gasteiger partial charge in [-0.25, -0.2) is 9.59 Å². The first-order valence-electron chi connectivity index (χ1n) is 3.95. The van der Waals surface area contributed by atoms with Gasteiger partial charge in [-0.05, 0) is 0 Å². The van der Waals surface area contributed by atoms with Crippen molar-refractivity contribution in [3.05, 3.63) is 17.2 Å². The number of methoxy groups -OCH3 is 2. The Morgan fingerprint density at radius 1 is 1.24 bits per heavy atom. The fraction of sp³-hybridized carbons (Fsp3) is 0.375. The molecule has 0 N–H and O–H groups in total. The molecule has 0 aliphatic heterocycles. The summed E-state index contributed by atoms with van der Waals surface area (Å²) in [7, 11) is 1.64. The van der Waals surface area contributed by atoms with E-state index in [1.54, 1.807) is 0 Å². The van der Waals surface area contributed by atoms with E-state index >= 15 is 0 Å². The number of halogens is 3. The van der Waals surface area contributed by atoms with Gasteiger partial charge in [0.05, 0.1) is 14.2 Å². The summed E-state index contributed by atoms with van der Waals surface area (Å²) in [6.07, 6.45) is -5.10. The highest BCUT2D eigenvalue weighted by atomic mass is 19.4. The largest absolute Gasteiger partial charge is 0.466 e. The van der Waals surface area contributed by atoms with Crippen LogP contribution in [0.3, 0.4) is 0 Å². The average molecular weight is 252 g/mol. The van der Waals surface area contributed by atoms with E-state index in [9.17, 15) is 22.8 Å². The Morgan fingerprint density at radius 3 is 2.06 bits per heavy atom. The molecule has 0 atom stereocenters. The molecule has 17 heavy (non-hydrogen) atoms. The minimum absolute atomic E-state index is 0.0219. The standard InChI is InChI=1S/C8H7F3N2O4/c1-16-5(14)3-4(8(9,10)11)6(13-12)7(15)17-2/h3H,1-2H3/b4-3-. The van der Waals surface area contributed by atoms with Crippen molar-refractivity contribution in [3.8, 4) is 0 Å². The number of alkyl halides is 3. The van der Waals surface area contributed by atoms with E-state index in [0.29, 0.717) is 0 Å². The molecule has 0 saturated carbocycles. The zero-order valence-corrected chi connectivity index (χ0v) is 8.74. The predicted octanol–water partition coefficient (Wildman–Crippen LogP) is 0.492. The van der Waals surface area contributed by atoms with E-state index in [4.69, 9.17) is 5.53 Å². The monoisotopic (exact) mass is 252 g/mol. The number of rotatable bonds is 3. The van der Waals surface area contributed by atoms with Gasteiger partial charge in [-0.1, -0.05) is 0 Å². The molecule has 94 valence electrons. The Morgan fingerprint density at radius 2 is 1.76 bits per heavy atom. The van der Waals surface area contributed by atoms with E-state index in [1.165, 1.54) is 0 Å². The maximum absolute atomic E-state index is 12.5. The van der Waals surface area contributed by atoms with Crippen LogP contribution in [0.4, 0.5) is 13.2 Å². The van der Waals surface area contributed by atoms with Gasteiger partial charge in [-0.3, -0.25) is 0 Å². The second kappa shape index (κ2) is 5.80. The van der Waals surface area contributed by atoms with Crippen LogP contribution < -0.4 is 0 Å². The van der Waals surface area contributed by atoms with E-state index in [-0.39, 0.29) is 6.08 Å². The second-order valence-corrected chi connectivity index (χ2v) is 2.52. The maximum Gasteiger partial charge on any atom is 0.424 e. The Kier molecular flexibility index (Phi) is 5.07. The van der Waals surface area contributed by atoms with Gasteiger partial charge in [0.2, 0.25) is 0 Å². The normalized spacial score (nSPS) is 11.5. The zero-order chi connectivity index (χ0) is 13.6. The van der Waals surface area contributed by atoms with E-state index in [0.717, 1.165) is 14.2 Å². The van der Waals surface area contributed by atoms with Crippen LogP contribution in [0.15, 0.2) is 11.6 Å². The van der Waals surface area contributed by atoms with Crippen molar-refractivity contribution in [2.24, 2.45) is 0 Å². The lowest BCUT2D eigenvalue weighted by atomic mass is 10.1. The van der Waals surface area contributed by atoms with Crippen LogP contribution in [0, 0.1) is 0 Å².